The predicted molar refractivity (Wildman–Crippen MR) is 89.8 cm³/mol. The second kappa shape index (κ2) is 7.28. The van der Waals surface area contributed by atoms with Gasteiger partial charge in [-0.05, 0) is 37.5 Å². The second-order valence-electron chi connectivity index (χ2n) is 6.76. The minimum Gasteiger partial charge on any atom is -0.394 e. The molecule has 1 unspecified atom stereocenters. The number of nitrogens with zero attached hydrogens (tertiary/aromatic N) is 1. The lowest BCUT2D eigenvalue weighted by atomic mass is 9.90. The van der Waals surface area contributed by atoms with Crippen LogP contribution in [0.2, 0.25) is 0 Å². The molecule has 21 heavy (non-hydrogen) atoms. The van der Waals surface area contributed by atoms with Gasteiger partial charge in [0.2, 0.25) is 0 Å². The number of rotatable bonds is 5. The number of hydrogen-bond donors (Lipinski definition) is 2. The first-order valence-electron chi connectivity index (χ1n) is 8.21. The molecule has 118 valence electrons. The zero-order chi connectivity index (χ0) is 15.3. The fourth-order valence-electron chi connectivity index (χ4n) is 3.22. The zero-order valence-corrected chi connectivity index (χ0v) is 13.7. The predicted octanol–water partition coefficient (Wildman–Crippen LogP) is 3.27. The summed E-state index contributed by atoms with van der Waals surface area (Å²) in [6, 6.07) is 9.04. The summed E-state index contributed by atoms with van der Waals surface area (Å²) >= 11 is 0. The summed E-state index contributed by atoms with van der Waals surface area (Å²) in [6.07, 6.45) is 7.77. The van der Waals surface area contributed by atoms with E-state index in [0.717, 1.165) is 0 Å². The zero-order valence-electron chi connectivity index (χ0n) is 13.7. The van der Waals surface area contributed by atoms with E-state index >= 15 is 0 Å². The van der Waals surface area contributed by atoms with E-state index in [9.17, 15) is 5.11 Å². The molecule has 0 heterocycles. The minimum atomic E-state index is -0.347. The van der Waals surface area contributed by atoms with Gasteiger partial charge in [0.05, 0.1) is 12.1 Å². The quantitative estimate of drug-likeness (QED) is 0.817. The van der Waals surface area contributed by atoms with Crippen molar-refractivity contribution in [2.24, 2.45) is 0 Å². The second-order valence-corrected chi connectivity index (χ2v) is 6.76. The first-order chi connectivity index (χ1) is 10.0. The Morgan fingerprint density at radius 3 is 2.14 bits per heavy atom. The van der Waals surface area contributed by atoms with Gasteiger partial charge in [0.15, 0.2) is 0 Å². The van der Waals surface area contributed by atoms with Crippen molar-refractivity contribution in [1.82, 2.24) is 5.32 Å². The highest BCUT2D eigenvalue weighted by atomic mass is 16.3. The molecule has 3 heteroatoms. The van der Waals surface area contributed by atoms with Crippen molar-refractivity contribution in [2.75, 3.05) is 25.6 Å². The van der Waals surface area contributed by atoms with E-state index in [-0.39, 0.29) is 12.1 Å². The molecule has 0 radical (unpaired) electrons. The Kier molecular flexibility index (Phi) is 5.65. The van der Waals surface area contributed by atoms with Crippen molar-refractivity contribution in [3.05, 3.63) is 29.8 Å². The SMILES string of the molecule is CN(C)c1ccc(C(C)(CO)NC2CCCCCC2)cc1. The number of benzene rings is 1. The Bertz CT molecular complexity index is 421. The maximum absolute atomic E-state index is 9.95. The van der Waals surface area contributed by atoms with Gasteiger partial charge in [-0.15, -0.1) is 0 Å². The molecule has 2 rings (SSSR count). The fraction of sp³-hybridized carbons (Fsp3) is 0.667. The molecule has 1 saturated carbocycles. The standard InChI is InChI=1S/C18H30N2O/c1-18(14-21,19-16-8-6-4-5-7-9-16)15-10-12-17(13-11-15)20(2)3/h10-13,16,19,21H,4-9,14H2,1-3H3. The van der Waals surface area contributed by atoms with Crippen molar-refractivity contribution < 1.29 is 5.11 Å². The number of nitrogens with one attached hydrogen (secondary N) is 1. The molecular formula is C18H30N2O. The molecule has 0 spiro atoms. The van der Waals surface area contributed by atoms with Crippen LogP contribution >= 0.6 is 0 Å². The highest BCUT2D eigenvalue weighted by molar-refractivity contribution is 5.47. The lowest BCUT2D eigenvalue weighted by Gasteiger charge is -2.34. The van der Waals surface area contributed by atoms with Crippen LogP contribution in [0.5, 0.6) is 0 Å². The molecule has 0 amide bonds. The van der Waals surface area contributed by atoms with Crippen molar-refractivity contribution in [3.63, 3.8) is 0 Å². The number of anilines is 1. The van der Waals surface area contributed by atoms with Gasteiger partial charge in [0.1, 0.15) is 0 Å². The molecule has 1 aliphatic rings. The molecule has 1 aromatic carbocycles. The summed E-state index contributed by atoms with van der Waals surface area (Å²) in [7, 11) is 4.09. The molecule has 0 saturated heterocycles. The van der Waals surface area contributed by atoms with E-state index in [0.29, 0.717) is 6.04 Å². The van der Waals surface area contributed by atoms with Gasteiger partial charge in [-0.3, -0.25) is 0 Å². The molecule has 0 aromatic heterocycles. The third-order valence-electron chi connectivity index (χ3n) is 4.71. The Morgan fingerprint density at radius 1 is 1.10 bits per heavy atom. The van der Waals surface area contributed by atoms with Crippen molar-refractivity contribution in [2.45, 2.75) is 57.0 Å². The largest absolute Gasteiger partial charge is 0.394 e. The number of aliphatic hydroxyl groups is 1. The minimum absolute atomic E-state index is 0.130. The smallest absolute Gasteiger partial charge is 0.0652 e. The normalized spacial score (nSPS) is 19.8. The van der Waals surface area contributed by atoms with Crippen molar-refractivity contribution in [3.8, 4) is 0 Å². The van der Waals surface area contributed by atoms with Crippen LogP contribution in [0, 0.1) is 0 Å². The van der Waals surface area contributed by atoms with Crippen LogP contribution in [0.15, 0.2) is 24.3 Å². The Labute approximate surface area is 129 Å². The molecule has 0 bridgehead atoms. The summed E-state index contributed by atoms with van der Waals surface area (Å²) in [5.74, 6) is 0. The topological polar surface area (TPSA) is 35.5 Å². The average molecular weight is 290 g/mol. The highest BCUT2D eigenvalue weighted by Gasteiger charge is 2.29. The van der Waals surface area contributed by atoms with Crippen LogP contribution < -0.4 is 10.2 Å². The molecule has 1 atom stereocenters. The summed E-state index contributed by atoms with van der Waals surface area (Å²) in [4.78, 5) is 2.10. The van der Waals surface area contributed by atoms with Gasteiger partial charge in [-0.2, -0.15) is 0 Å². The van der Waals surface area contributed by atoms with Crippen molar-refractivity contribution >= 4 is 5.69 Å². The third-order valence-corrected chi connectivity index (χ3v) is 4.71. The summed E-state index contributed by atoms with van der Waals surface area (Å²) in [5, 5.41) is 13.7. The van der Waals surface area contributed by atoms with E-state index in [1.165, 1.54) is 49.8 Å². The number of hydrogen-bond acceptors (Lipinski definition) is 3. The maximum atomic E-state index is 9.95. The average Bonchev–Trinajstić information content (AvgIpc) is 2.75. The molecule has 3 nitrogen and oxygen atoms in total. The van der Waals surface area contributed by atoms with Gasteiger partial charge >= 0.3 is 0 Å². The lowest BCUT2D eigenvalue weighted by Crippen LogP contribution is -2.48. The molecule has 0 aliphatic heterocycles. The molecular weight excluding hydrogens is 260 g/mol. The van der Waals surface area contributed by atoms with Gasteiger partial charge in [0, 0.05) is 25.8 Å². The van der Waals surface area contributed by atoms with Gasteiger partial charge < -0.3 is 15.3 Å². The Hall–Kier alpha value is -1.06. The van der Waals surface area contributed by atoms with Gasteiger partial charge in [0.25, 0.3) is 0 Å². The summed E-state index contributed by atoms with van der Waals surface area (Å²) in [6.45, 7) is 2.24. The maximum Gasteiger partial charge on any atom is 0.0652 e. The van der Waals surface area contributed by atoms with E-state index in [1.807, 2.05) is 14.1 Å². The highest BCUT2D eigenvalue weighted by Crippen LogP contribution is 2.26. The van der Waals surface area contributed by atoms with Crippen molar-refractivity contribution in [1.29, 1.82) is 0 Å². The Morgan fingerprint density at radius 2 is 1.67 bits per heavy atom. The first kappa shape index (κ1) is 16.3. The molecule has 2 N–H and O–H groups in total. The van der Waals surface area contributed by atoms with E-state index in [2.05, 4.69) is 41.4 Å². The molecule has 1 aliphatic carbocycles. The first-order valence-corrected chi connectivity index (χ1v) is 8.21. The third kappa shape index (κ3) is 4.21. The van der Waals surface area contributed by atoms with Crippen LogP contribution in [-0.4, -0.2) is 31.9 Å². The van der Waals surface area contributed by atoms with Crippen LogP contribution in [0.25, 0.3) is 0 Å². The Balaban J connectivity index is 2.11. The molecule has 1 aromatic rings. The monoisotopic (exact) mass is 290 g/mol. The summed E-state index contributed by atoms with van der Waals surface area (Å²) < 4.78 is 0. The van der Waals surface area contributed by atoms with E-state index < -0.39 is 0 Å². The van der Waals surface area contributed by atoms with Crippen LogP contribution in [-0.2, 0) is 5.54 Å². The van der Waals surface area contributed by atoms with Crippen LogP contribution in [0.3, 0.4) is 0 Å². The van der Waals surface area contributed by atoms with Gasteiger partial charge in [-0.1, -0.05) is 37.8 Å². The van der Waals surface area contributed by atoms with E-state index in [4.69, 9.17) is 0 Å². The number of aliphatic hydroxyl groups excluding tert-OH is 1. The van der Waals surface area contributed by atoms with Crippen LogP contribution in [0.1, 0.15) is 51.0 Å². The summed E-state index contributed by atoms with van der Waals surface area (Å²) in [5.41, 5.74) is 2.01. The van der Waals surface area contributed by atoms with Gasteiger partial charge in [-0.25, -0.2) is 0 Å². The fourth-order valence-corrected chi connectivity index (χ4v) is 3.22. The molecule has 1 fully saturated rings. The lowest BCUT2D eigenvalue weighted by molar-refractivity contribution is 0.157. The van der Waals surface area contributed by atoms with E-state index in [1.54, 1.807) is 0 Å². The van der Waals surface area contributed by atoms with Crippen LogP contribution in [0.4, 0.5) is 5.69 Å².